The summed E-state index contributed by atoms with van der Waals surface area (Å²) in [5.41, 5.74) is 3.46. The summed E-state index contributed by atoms with van der Waals surface area (Å²) in [7, 11) is 0. The average molecular weight is 445 g/mol. The molecule has 6 nitrogen and oxygen atoms in total. The molecule has 3 heterocycles. The second-order valence-corrected chi connectivity index (χ2v) is 8.07. The van der Waals surface area contributed by atoms with Gasteiger partial charge in [-0.05, 0) is 56.3 Å². The standard InChI is InChI=1S/C19H24N4O2S.2ClH/c24-18(16-4-1-7-20-16)21-10-13-3-2-8-23(11-13)19(25)14-5-6-15-17(9-14)26-12-22-15;;/h5-6,9,12-13,16,20H,1-4,7-8,10-11H2,(H,21,24);2*1H. The van der Waals surface area contributed by atoms with E-state index in [0.29, 0.717) is 19.0 Å². The van der Waals surface area contributed by atoms with Crippen LogP contribution in [0.4, 0.5) is 0 Å². The van der Waals surface area contributed by atoms with Gasteiger partial charge in [-0.15, -0.1) is 36.2 Å². The minimum atomic E-state index is -0.0394. The molecular formula is C19H26Cl2N4O2S. The number of benzene rings is 1. The van der Waals surface area contributed by atoms with Crippen molar-refractivity contribution in [2.24, 2.45) is 5.92 Å². The van der Waals surface area contributed by atoms with Crippen LogP contribution in [0.15, 0.2) is 23.7 Å². The highest BCUT2D eigenvalue weighted by molar-refractivity contribution is 7.16. The maximum Gasteiger partial charge on any atom is 0.253 e. The first-order chi connectivity index (χ1) is 12.7. The van der Waals surface area contributed by atoms with E-state index in [4.69, 9.17) is 0 Å². The molecule has 2 saturated heterocycles. The predicted molar refractivity (Wildman–Crippen MR) is 117 cm³/mol. The van der Waals surface area contributed by atoms with E-state index in [-0.39, 0.29) is 42.7 Å². The van der Waals surface area contributed by atoms with Crippen LogP contribution in [0.3, 0.4) is 0 Å². The number of thiazole rings is 1. The quantitative estimate of drug-likeness (QED) is 0.759. The van der Waals surface area contributed by atoms with Crippen LogP contribution in [0.2, 0.25) is 0 Å². The maximum atomic E-state index is 12.9. The van der Waals surface area contributed by atoms with E-state index in [2.05, 4.69) is 15.6 Å². The summed E-state index contributed by atoms with van der Waals surface area (Å²) in [4.78, 5) is 31.2. The fourth-order valence-corrected chi connectivity index (χ4v) is 4.58. The van der Waals surface area contributed by atoms with Gasteiger partial charge in [0, 0.05) is 25.2 Å². The smallest absolute Gasteiger partial charge is 0.253 e. The zero-order valence-corrected chi connectivity index (χ0v) is 18.0. The second-order valence-electron chi connectivity index (χ2n) is 7.19. The molecule has 9 heteroatoms. The van der Waals surface area contributed by atoms with Crippen molar-refractivity contribution in [3.05, 3.63) is 29.3 Å². The van der Waals surface area contributed by atoms with Crippen LogP contribution in [-0.2, 0) is 4.79 Å². The number of piperidine rings is 1. The summed E-state index contributed by atoms with van der Waals surface area (Å²) in [5, 5.41) is 6.29. The Labute approximate surface area is 181 Å². The number of hydrogen-bond donors (Lipinski definition) is 2. The van der Waals surface area contributed by atoms with Crippen LogP contribution in [0.25, 0.3) is 10.2 Å². The highest BCUT2D eigenvalue weighted by Crippen LogP contribution is 2.22. The highest BCUT2D eigenvalue weighted by Gasteiger charge is 2.27. The minimum absolute atomic E-state index is 0. The van der Waals surface area contributed by atoms with Gasteiger partial charge in [0.05, 0.1) is 21.8 Å². The van der Waals surface area contributed by atoms with Crippen molar-refractivity contribution in [3.63, 3.8) is 0 Å². The molecule has 4 rings (SSSR count). The van der Waals surface area contributed by atoms with Crippen LogP contribution >= 0.6 is 36.2 Å². The molecular weight excluding hydrogens is 419 g/mol. The molecule has 0 radical (unpaired) electrons. The number of carbonyl (C=O) groups excluding carboxylic acids is 2. The van der Waals surface area contributed by atoms with E-state index in [0.717, 1.165) is 54.6 Å². The van der Waals surface area contributed by atoms with Crippen LogP contribution in [-0.4, -0.2) is 53.9 Å². The molecule has 2 unspecified atom stereocenters. The third-order valence-corrected chi connectivity index (χ3v) is 6.12. The Morgan fingerprint density at radius 1 is 1.25 bits per heavy atom. The molecule has 0 aliphatic carbocycles. The maximum absolute atomic E-state index is 12.9. The van der Waals surface area contributed by atoms with Crippen molar-refractivity contribution in [3.8, 4) is 0 Å². The van der Waals surface area contributed by atoms with Crippen LogP contribution in [0.5, 0.6) is 0 Å². The van der Waals surface area contributed by atoms with Crippen molar-refractivity contribution in [2.45, 2.75) is 31.7 Å². The minimum Gasteiger partial charge on any atom is -0.354 e. The molecule has 154 valence electrons. The van der Waals surface area contributed by atoms with Crippen molar-refractivity contribution in [1.82, 2.24) is 20.5 Å². The number of nitrogens with zero attached hydrogens (tertiary/aromatic N) is 2. The monoisotopic (exact) mass is 444 g/mol. The van der Waals surface area contributed by atoms with Gasteiger partial charge in [0.25, 0.3) is 5.91 Å². The first-order valence-electron chi connectivity index (χ1n) is 9.34. The van der Waals surface area contributed by atoms with Crippen LogP contribution in [0, 0.1) is 5.92 Å². The van der Waals surface area contributed by atoms with Gasteiger partial charge >= 0.3 is 0 Å². The molecule has 2 aromatic rings. The third kappa shape index (κ3) is 5.14. The van der Waals surface area contributed by atoms with Gasteiger partial charge < -0.3 is 15.5 Å². The fourth-order valence-electron chi connectivity index (χ4n) is 3.86. The largest absolute Gasteiger partial charge is 0.354 e. The van der Waals surface area contributed by atoms with E-state index in [1.54, 1.807) is 16.8 Å². The molecule has 2 fully saturated rings. The summed E-state index contributed by atoms with van der Waals surface area (Å²) in [6.45, 7) is 3.06. The van der Waals surface area contributed by atoms with E-state index in [1.165, 1.54) is 0 Å². The molecule has 2 aliphatic heterocycles. The van der Waals surface area contributed by atoms with E-state index >= 15 is 0 Å². The highest BCUT2D eigenvalue weighted by atomic mass is 35.5. The number of nitrogens with one attached hydrogen (secondary N) is 2. The molecule has 2 N–H and O–H groups in total. The molecule has 0 spiro atoms. The summed E-state index contributed by atoms with van der Waals surface area (Å²) in [6, 6.07) is 5.67. The SMILES string of the molecule is Cl.Cl.O=C(NCC1CCCN(C(=O)c2ccc3ncsc3c2)C1)C1CCCN1. The topological polar surface area (TPSA) is 74.3 Å². The Balaban J connectivity index is 0.00000140. The Morgan fingerprint density at radius 3 is 2.89 bits per heavy atom. The number of rotatable bonds is 4. The fraction of sp³-hybridized carbons (Fsp3) is 0.526. The lowest BCUT2D eigenvalue weighted by atomic mass is 9.97. The molecule has 2 atom stereocenters. The lowest BCUT2D eigenvalue weighted by Gasteiger charge is -2.33. The molecule has 0 saturated carbocycles. The number of aromatic nitrogens is 1. The number of likely N-dealkylation sites (tertiary alicyclic amines) is 1. The van der Waals surface area contributed by atoms with Gasteiger partial charge in [-0.3, -0.25) is 9.59 Å². The van der Waals surface area contributed by atoms with Crippen molar-refractivity contribution in [1.29, 1.82) is 0 Å². The summed E-state index contributed by atoms with van der Waals surface area (Å²) in [6.07, 6.45) is 4.02. The zero-order chi connectivity index (χ0) is 17.9. The second kappa shape index (κ2) is 10.4. The molecule has 2 amide bonds. The Hall–Kier alpha value is -1.41. The Morgan fingerprint density at radius 2 is 2.11 bits per heavy atom. The van der Waals surface area contributed by atoms with Gasteiger partial charge in [0.1, 0.15) is 0 Å². The van der Waals surface area contributed by atoms with Gasteiger partial charge in [0.15, 0.2) is 0 Å². The van der Waals surface area contributed by atoms with E-state index in [9.17, 15) is 9.59 Å². The molecule has 2 aliphatic rings. The lowest BCUT2D eigenvalue weighted by molar-refractivity contribution is -0.123. The normalized spacial score (nSPS) is 21.6. The predicted octanol–water partition coefficient (Wildman–Crippen LogP) is 2.86. The van der Waals surface area contributed by atoms with Crippen molar-refractivity contribution >= 4 is 58.2 Å². The number of amides is 2. The van der Waals surface area contributed by atoms with Gasteiger partial charge in [-0.25, -0.2) is 4.98 Å². The van der Waals surface area contributed by atoms with E-state index in [1.807, 2.05) is 23.1 Å². The van der Waals surface area contributed by atoms with Crippen LogP contribution < -0.4 is 10.6 Å². The number of hydrogen-bond acceptors (Lipinski definition) is 5. The number of halogens is 2. The van der Waals surface area contributed by atoms with Gasteiger partial charge in [-0.1, -0.05) is 0 Å². The summed E-state index contributed by atoms with van der Waals surface area (Å²) < 4.78 is 1.04. The van der Waals surface area contributed by atoms with Crippen molar-refractivity contribution < 1.29 is 9.59 Å². The molecule has 1 aromatic heterocycles. The Kier molecular flexibility index (Phi) is 8.49. The van der Waals surface area contributed by atoms with Gasteiger partial charge in [0.2, 0.25) is 5.91 Å². The Bertz CT molecular complexity index is 810. The molecule has 28 heavy (non-hydrogen) atoms. The summed E-state index contributed by atoms with van der Waals surface area (Å²) >= 11 is 1.55. The third-order valence-electron chi connectivity index (χ3n) is 5.33. The van der Waals surface area contributed by atoms with Gasteiger partial charge in [-0.2, -0.15) is 0 Å². The van der Waals surface area contributed by atoms with Crippen molar-refractivity contribution in [2.75, 3.05) is 26.2 Å². The number of fused-ring (bicyclic) bond motifs is 1. The number of carbonyl (C=O) groups is 2. The lowest BCUT2D eigenvalue weighted by Crippen LogP contribution is -2.46. The first kappa shape index (κ1) is 22.9. The first-order valence-corrected chi connectivity index (χ1v) is 10.2. The average Bonchev–Trinajstić information content (AvgIpc) is 3.36. The van der Waals surface area contributed by atoms with E-state index < -0.39 is 0 Å². The van der Waals surface area contributed by atoms with Crippen LogP contribution in [0.1, 0.15) is 36.0 Å². The zero-order valence-electron chi connectivity index (χ0n) is 15.6. The molecule has 1 aromatic carbocycles. The molecule has 0 bridgehead atoms. The summed E-state index contributed by atoms with van der Waals surface area (Å²) in [5.74, 6) is 0.501.